The zero-order valence-electron chi connectivity index (χ0n) is 15.2. The molecule has 5 heteroatoms. The minimum atomic E-state index is 0.150. The second-order valence-electron chi connectivity index (χ2n) is 6.52. The Hall–Kier alpha value is -2.20. The van der Waals surface area contributed by atoms with Gasteiger partial charge in [0, 0.05) is 29.6 Å². The summed E-state index contributed by atoms with van der Waals surface area (Å²) in [6.07, 6.45) is 3.22. The van der Waals surface area contributed by atoms with Crippen LogP contribution in [0.5, 0.6) is 11.5 Å². The molecule has 0 aromatic heterocycles. The van der Waals surface area contributed by atoms with Gasteiger partial charge in [0.2, 0.25) is 5.91 Å². The highest BCUT2D eigenvalue weighted by atomic mass is 35.5. The van der Waals surface area contributed by atoms with E-state index in [0.717, 1.165) is 35.5 Å². The summed E-state index contributed by atoms with van der Waals surface area (Å²) < 4.78 is 10.8. The number of rotatable bonds is 8. The molecule has 1 fully saturated rings. The van der Waals surface area contributed by atoms with E-state index in [4.69, 9.17) is 21.1 Å². The summed E-state index contributed by atoms with van der Waals surface area (Å²) in [5.74, 6) is 1.69. The maximum Gasteiger partial charge on any atom is 0.223 e. The molecule has 0 aliphatic heterocycles. The summed E-state index contributed by atoms with van der Waals surface area (Å²) in [4.78, 5) is 14.8. The van der Waals surface area contributed by atoms with Crippen LogP contribution in [-0.4, -0.2) is 31.1 Å². The predicted molar refractivity (Wildman–Crippen MR) is 103 cm³/mol. The maximum absolute atomic E-state index is 12.9. The van der Waals surface area contributed by atoms with Crippen LogP contribution in [0.2, 0.25) is 5.02 Å². The monoisotopic (exact) mass is 373 g/mol. The molecule has 2 aromatic carbocycles. The van der Waals surface area contributed by atoms with E-state index in [-0.39, 0.29) is 5.91 Å². The Morgan fingerprint density at radius 1 is 1.12 bits per heavy atom. The van der Waals surface area contributed by atoms with Crippen LogP contribution in [0.25, 0.3) is 0 Å². The number of methoxy groups -OCH3 is 2. The SMILES string of the molecule is COc1ccc(OC)c(CN(C(=O)CCc2ccccc2Cl)C2CC2)c1. The molecule has 138 valence electrons. The third-order valence-electron chi connectivity index (χ3n) is 4.70. The number of carbonyl (C=O) groups excluding carboxylic acids is 1. The van der Waals surface area contributed by atoms with Crippen molar-refractivity contribution in [3.63, 3.8) is 0 Å². The van der Waals surface area contributed by atoms with Crippen molar-refractivity contribution in [3.05, 3.63) is 58.6 Å². The van der Waals surface area contributed by atoms with Crippen molar-refractivity contribution in [3.8, 4) is 11.5 Å². The van der Waals surface area contributed by atoms with E-state index in [2.05, 4.69) is 0 Å². The molecule has 1 amide bonds. The lowest BCUT2D eigenvalue weighted by atomic mass is 10.1. The van der Waals surface area contributed by atoms with Crippen LogP contribution in [0.3, 0.4) is 0 Å². The van der Waals surface area contributed by atoms with Gasteiger partial charge < -0.3 is 14.4 Å². The van der Waals surface area contributed by atoms with Gasteiger partial charge in [0.15, 0.2) is 0 Å². The van der Waals surface area contributed by atoms with Crippen molar-refractivity contribution in [1.29, 1.82) is 0 Å². The second-order valence-corrected chi connectivity index (χ2v) is 6.93. The minimum Gasteiger partial charge on any atom is -0.497 e. The molecular weight excluding hydrogens is 350 g/mol. The number of ether oxygens (including phenoxy) is 2. The quantitative estimate of drug-likeness (QED) is 0.684. The van der Waals surface area contributed by atoms with E-state index in [1.165, 1.54) is 0 Å². The Balaban J connectivity index is 1.71. The summed E-state index contributed by atoms with van der Waals surface area (Å²) in [6, 6.07) is 13.7. The molecule has 0 N–H and O–H groups in total. The number of benzene rings is 2. The highest BCUT2D eigenvalue weighted by Crippen LogP contribution is 2.32. The van der Waals surface area contributed by atoms with Gasteiger partial charge >= 0.3 is 0 Å². The maximum atomic E-state index is 12.9. The summed E-state index contributed by atoms with van der Waals surface area (Å²) >= 11 is 6.21. The molecule has 0 unspecified atom stereocenters. The van der Waals surface area contributed by atoms with Crippen LogP contribution >= 0.6 is 11.6 Å². The zero-order valence-corrected chi connectivity index (χ0v) is 16.0. The molecule has 0 saturated heterocycles. The lowest BCUT2D eigenvalue weighted by Gasteiger charge is -2.24. The molecule has 3 rings (SSSR count). The Labute approximate surface area is 159 Å². The van der Waals surface area contributed by atoms with Crippen molar-refractivity contribution < 1.29 is 14.3 Å². The van der Waals surface area contributed by atoms with Gasteiger partial charge in [-0.3, -0.25) is 4.79 Å². The van der Waals surface area contributed by atoms with Gasteiger partial charge in [0.1, 0.15) is 11.5 Å². The van der Waals surface area contributed by atoms with Gasteiger partial charge in [-0.1, -0.05) is 29.8 Å². The van der Waals surface area contributed by atoms with Gasteiger partial charge in [0.25, 0.3) is 0 Å². The van der Waals surface area contributed by atoms with Gasteiger partial charge in [-0.2, -0.15) is 0 Å². The molecule has 0 atom stereocenters. The van der Waals surface area contributed by atoms with E-state index < -0.39 is 0 Å². The number of amides is 1. The molecule has 0 bridgehead atoms. The van der Waals surface area contributed by atoms with Gasteiger partial charge in [0.05, 0.1) is 14.2 Å². The van der Waals surface area contributed by atoms with Crippen LogP contribution in [0.1, 0.15) is 30.4 Å². The second kappa shape index (κ2) is 8.45. The van der Waals surface area contributed by atoms with Crippen molar-refractivity contribution in [2.75, 3.05) is 14.2 Å². The van der Waals surface area contributed by atoms with E-state index in [0.29, 0.717) is 30.5 Å². The number of halogens is 1. The molecule has 1 aliphatic rings. The fourth-order valence-electron chi connectivity index (χ4n) is 3.08. The minimum absolute atomic E-state index is 0.150. The van der Waals surface area contributed by atoms with Crippen LogP contribution in [0.15, 0.2) is 42.5 Å². The fourth-order valence-corrected chi connectivity index (χ4v) is 3.31. The van der Waals surface area contributed by atoms with E-state index in [1.807, 2.05) is 47.4 Å². The molecular formula is C21H24ClNO3. The van der Waals surface area contributed by atoms with Gasteiger partial charge in [-0.25, -0.2) is 0 Å². The van der Waals surface area contributed by atoms with Crippen molar-refractivity contribution in [1.82, 2.24) is 4.90 Å². The molecule has 4 nitrogen and oxygen atoms in total. The van der Waals surface area contributed by atoms with E-state index in [1.54, 1.807) is 14.2 Å². The first-order valence-electron chi connectivity index (χ1n) is 8.86. The Morgan fingerprint density at radius 3 is 2.54 bits per heavy atom. The first kappa shape index (κ1) is 18.6. The largest absolute Gasteiger partial charge is 0.497 e. The Kier molecular flexibility index (Phi) is 6.04. The van der Waals surface area contributed by atoms with Crippen LogP contribution in [-0.2, 0) is 17.8 Å². The molecule has 0 radical (unpaired) electrons. The third-order valence-corrected chi connectivity index (χ3v) is 5.07. The lowest BCUT2D eigenvalue weighted by molar-refractivity contribution is -0.132. The summed E-state index contributed by atoms with van der Waals surface area (Å²) in [7, 11) is 3.28. The van der Waals surface area contributed by atoms with E-state index >= 15 is 0 Å². The predicted octanol–water partition coefficient (Wildman–Crippen LogP) is 4.48. The normalized spacial score (nSPS) is 13.3. The molecule has 26 heavy (non-hydrogen) atoms. The van der Waals surface area contributed by atoms with Crippen LogP contribution in [0, 0.1) is 0 Å². The highest BCUT2D eigenvalue weighted by Gasteiger charge is 2.32. The van der Waals surface area contributed by atoms with Gasteiger partial charge in [-0.15, -0.1) is 0 Å². The number of carbonyl (C=O) groups is 1. The number of hydrogen-bond acceptors (Lipinski definition) is 3. The summed E-state index contributed by atoms with van der Waals surface area (Å²) in [5, 5.41) is 0.715. The van der Waals surface area contributed by atoms with Crippen molar-refractivity contribution in [2.24, 2.45) is 0 Å². The topological polar surface area (TPSA) is 38.8 Å². The summed E-state index contributed by atoms with van der Waals surface area (Å²) in [5.41, 5.74) is 1.97. The molecule has 1 aliphatic carbocycles. The van der Waals surface area contributed by atoms with Crippen molar-refractivity contribution >= 4 is 17.5 Å². The average molecular weight is 374 g/mol. The average Bonchev–Trinajstić information content (AvgIpc) is 3.50. The number of hydrogen-bond donors (Lipinski definition) is 0. The molecule has 0 heterocycles. The summed E-state index contributed by atoms with van der Waals surface area (Å²) in [6.45, 7) is 0.534. The first-order valence-corrected chi connectivity index (χ1v) is 9.24. The Bertz CT molecular complexity index is 774. The first-order chi connectivity index (χ1) is 12.6. The van der Waals surface area contributed by atoms with Gasteiger partial charge in [-0.05, 0) is 49.1 Å². The van der Waals surface area contributed by atoms with Crippen LogP contribution in [0.4, 0.5) is 0 Å². The lowest BCUT2D eigenvalue weighted by Crippen LogP contribution is -2.33. The smallest absolute Gasteiger partial charge is 0.223 e. The number of nitrogens with zero attached hydrogens (tertiary/aromatic N) is 1. The Morgan fingerprint density at radius 2 is 1.88 bits per heavy atom. The standard InChI is InChI=1S/C21H24ClNO3/c1-25-18-10-11-20(26-2)16(13-18)14-23(17-8-9-17)21(24)12-7-15-5-3-4-6-19(15)22/h3-6,10-11,13,17H,7-9,12,14H2,1-2H3. The fraction of sp³-hybridized carbons (Fsp3) is 0.381. The molecule has 1 saturated carbocycles. The zero-order chi connectivity index (χ0) is 18.5. The van der Waals surface area contributed by atoms with E-state index in [9.17, 15) is 4.79 Å². The molecule has 0 spiro atoms. The third kappa shape index (κ3) is 4.50. The number of aryl methyl sites for hydroxylation is 1. The van der Waals surface area contributed by atoms with Crippen molar-refractivity contribution in [2.45, 2.75) is 38.3 Å². The highest BCUT2D eigenvalue weighted by molar-refractivity contribution is 6.31. The molecule has 2 aromatic rings. The van der Waals surface area contributed by atoms with Crippen LogP contribution < -0.4 is 9.47 Å².